The Morgan fingerprint density at radius 2 is 2.05 bits per heavy atom. The molecule has 0 radical (unpaired) electrons. The van der Waals surface area contributed by atoms with Gasteiger partial charge in [-0.05, 0) is 53.9 Å². The third kappa shape index (κ3) is 5.77. The molecule has 1 amide bonds. The van der Waals surface area contributed by atoms with Gasteiger partial charge in [0.1, 0.15) is 0 Å². The van der Waals surface area contributed by atoms with Crippen molar-refractivity contribution in [3.8, 4) is 0 Å². The van der Waals surface area contributed by atoms with Gasteiger partial charge in [0.2, 0.25) is 0 Å². The minimum absolute atomic E-state index is 0.00914. The van der Waals surface area contributed by atoms with Crippen LogP contribution < -0.4 is 5.32 Å². The molecule has 0 aromatic heterocycles. The first-order valence-electron chi connectivity index (χ1n) is 7.11. The molecule has 1 N–H and O–H groups in total. The Hall–Kier alpha value is -0.830. The summed E-state index contributed by atoms with van der Waals surface area (Å²) in [7, 11) is 0. The number of hydrogen-bond acceptors (Lipinski definition) is 1. The molecule has 0 heterocycles. The number of nitrogens with one attached hydrogen (secondary N) is 1. The Morgan fingerprint density at radius 3 is 2.68 bits per heavy atom. The second-order valence-corrected chi connectivity index (χ2v) is 6.06. The van der Waals surface area contributed by atoms with Crippen molar-refractivity contribution < 1.29 is 4.79 Å². The molecular formula is C16H24BrNO. The summed E-state index contributed by atoms with van der Waals surface area (Å²) in [4.78, 5) is 12.1. The molecule has 0 bridgehead atoms. The van der Waals surface area contributed by atoms with Crippen molar-refractivity contribution in [2.75, 3.05) is 0 Å². The van der Waals surface area contributed by atoms with E-state index in [1.54, 1.807) is 0 Å². The molecule has 1 rings (SSSR count). The van der Waals surface area contributed by atoms with Gasteiger partial charge in [-0.15, -0.1) is 0 Å². The van der Waals surface area contributed by atoms with Crippen molar-refractivity contribution >= 4 is 21.8 Å². The summed E-state index contributed by atoms with van der Waals surface area (Å²) in [6.45, 7) is 6.30. The van der Waals surface area contributed by atoms with Gasteiger partial charge in [0.15, 0.2) is 0 Å². The van der Waals surface area contributed by atoms with Gasteiger partial charge in [0, 0.05) is 10.5 Å². The van der Waals surface area contributed by atoms with E-state index in [4.69, 9.17) is 0 Å². The van der Waals surface area contributed by atoms with E-state index in [0.29, 0.717) is 5.56 Å². The predicted molar refractivity (Wildman–Crippen MR) is 84.6 cm³/mol. The van der Waals surface area contributed by atoms with Crippen LogP contribution >= 0.6 is 15.9 Å². The maximum Gasteiger partial charge on any atom is 0.252 e. The average molecular weight is 326 g/mol. The van der Waals surface area contributed by atoms with Crippen LogP contribution in [-0.2, 0) is 0 Å². The van der Waals surface area contributed by atoms with Crippen molar-refractivity contribution in [1.82, 2.24) is 5.32 Å². The van der Waals surface area contributed by atoms with Crippen LogP contribution in [0.4, 0.5) is 0 Å². The predicted octanol–water partition coefficient (Wildman–Crippen LogP) is 4.85. The van der Waals surface area contributed by atoms with Crippen molar-refractivity contribution in [2.24, 2.45) is 0 Å². The zero-order valence-electron chi connectivity index (χ0n) is 12.1. The fourth-order valence-electron chi connectivity index (χ4n) is 2.06. The lowest BCUT2D eigenvalue weighted by molar-refractivity contribution is 0.0937. The van der Waals surface area contributed by atoms with Crippen molar-refractivity contribution in [3.05, 3.63) is 33.8 Å². The standard InChI is InChI=1S/C16H24BrNO/c1-4-5-6-7-8-13(3)18-16(19)14-10-9-12(2)11-15(14)17/h9-11,13H,4-8H2,1-3H3,(H,18,19). The van der Waals surface area contributed by atoms with Gasteiger partial charge in [0.05, 0.1) is 5.56 Å². The van der Waals surface area contributed by atoms with Crippen LogP contribution in [0.1, 0.15) is 61.9 Å². The molecule has 0 saturated carbocycles. The highest BCUT2D eigenvalue weighted by atomic mass is 79.9. The second-order valence-electron chi connectivity index (χ2n) is 5.21. The monoisotopic (exact) mass is 325 g/mol. The van der Waals surface area contributed by atoms with Gasteiger partial charge in [-0.2, -0.15) is 0 Å². The number of hydrogen-bond donors (Lipinski definition) is 1. The van der Waals surface area contributed by atoms with Crippen LogP contribution in [0.15, 0.2) is 22.7 Å². The van der Waals surface area contributed by atoms with Crippen LogP contribution in [0.5, 0.6) is 0 Å². The van der Waals surface area contributed by atoms with Crippen molar-refractivity contribution in [2.45, 2.75) is 58.9 Å². The fraction of sp³-hybridized carbons (Fsp3) is 0.562. The summed E-state index contributed by atoms with van der Waals surface area (Å²) in [5.74, 6) is 0.00914. The minimum atomic E-state index is 0.00914. The number of halogens is 1. The molecular weight excluding hydrogens is 302 g/mol. The van der Waals surface area contributed by atoms with Gasteiger partial charge >= 0.3 is 0 Å². The Labute approximate surface area is 125 Å². The number of aryl methyl sites for hydroxylation is 1. The molecule has 0 aliphatic heterocycles. The molecule has 106 valence electrons. The maximum atomic E-state index is 12.1. The van der Waals surface area contributed by atoms with E-state index >= 15 is 0 Å². The minimum Gasteiger partial charge on any atom is -0.350 e. The lowest BCUT2D eigenvalue weighted by Gasteiger charge is -2.14. The molecule has 19 heavy (non-hydrogen) atoms. The molecule has 2 nitrogen and oxygen atoms in total. The summed E-state index contributed by atoms with van der Waals surface area (Å²) >= 11 is 3.45. The number of amides is 1. The Kier molecular flexibility index (Phi) is 7.14. The topological polar surface area (TPSA) is 29.1 Å². The SMILES string of the molecule is CCCCCCC(C)NC(=O)c1ccc(C)cc1Br. The molecule has 0 saturated heterocycles. The Morgan fingerprint density at radius 1 is 1.32 bits per heavy atom. The number of carbonyl (C=O) groups excluding carboxylic acids is 1. The molecule has 0 aliphatic rings. The van der Waals surface area contributed by atoms with Crippen LogP contribution in [0.2, 0.25) is 0 Å². The van der Waals surface area contributed by atoms with Crippen LogP contribution in [0.3, 0.4) is 0 Å². The lowest BCUT2D eigenvalue weighted by Crippen LogP contribution is -2.32. The summed E-state index contributed by atoms with van der Waals surface area (Å²) in [6, 6.07) is 6.04. The first-order chi connectivity index (χ1) is 9.04. The van der Waals surface area contributed by atoms with Gasteiger partial charge < -0.3 is 5.32 Å². The van der Waals surface area contributed by atoms with Gasteiger partial charge in [-0.3, -0.25) is 4.79 Å². The van der Waals surface area contributed by atoms with E-state index in [1.165, 1.54) is 25.7 Å². The summed E-state index contributed by atoms with van der Waals surface area (Å²) in [5, 5.41) is 3.06. The van der Waals surface area contributed by atoms with Crippen molar-refractivity contribution in [3.63, 3.8) is 0 Å². The molecule has 0 spiro atoms. The van der Waals surface area contributed by atoms with E-state index in [2.05, 4.69) is 35.1 Å². The van der Waals surface area contributed by atoms with Gasteiger partial charge in [-0.1, -0.05) is 38.7 Å². The maximum absolute atomic E-state index is 12.1. The van der Waals surface area contributed by atoms with E-state index in [1.807, 2.05) is 25.1 Å². The number of rotatable bonds is 7. The number of benzene rings is 1. The Balaban J connectivity index is 2.45. The Bertz CT molecular complexity index is 417. The molecule has 3 heteroatoms. The molecule has 1 aromatic rings. The smallest absolute Gasteiger partial charge is 0.252 e. The van der Waals surface area contributed by atoms with Crippen LogP contribution in [-0.4, -0.2) is 11.9 Å². The van der Waals surface area contributed by atoms with Gasteiger partial charge in [0.25, 0.3) is 5.91 Å². The second kappa shape index (κ2) is 8.36. The zero-order chi connectivity index (χ0) is 14.3. The highest BCUT2D eigenvalue weighted by Gasteiger charge is 2.12. The van der Waals surface area contributed by atoms with E-state index < -0.39 is 0 Å². The zero-order valence-corrected chi connectivity index (χ0v) is 13.7. The van der Waals surface area contributed by atoms with E-state index in [-0.39, 0.29) is 11.9 Å². The van der Waals surface area contributed by atoms with Crippen molar-refractivity contribution in [1.29, 1.82) is 0 Å². The summed E-state index contributed by atoms with van der Waals surface area (Å²) in [6.07, 6.45) is 6.02. The third-order valence-corrected chi connectivity index (χ3v) is 3.89. The highest BCUT2D eigenvalue weighted by molar-refractivity contribution is 9.10. The first-order valence-corrected chi connectivity index (χ1v) is 7.91. The molecule has 1 aromatic carbocycles. The van der Waals surface area contributed by atoms with E-state index in [0.717, 1.165) is 16.5 Å². The fourth-order valence-corrected chi connectivity index (χ4v) is 2.73. The third-order valence-electron chi connectivity index (χ3n) is 3.24. The normalized spacial score (nSPS) is 12.2. The average Bonchev–Trinajstić information content (AvgIpc) is 2.34. The van der Waals surface area contributed by atoms with Crippen LogP contribution in [0, 0.1) is 6.92 Å². The van der Waals surface area contributed by atoms with Crippen LogP contribution in [0.25, 0.3) is 0 Å². The largest absolute Gasteiger partial charge is 0.350 e. The molecule has 1 atom stereocenters. The summed E-state index contributed by atoms with van der Waals surface area (Å²) in [5.41, 5.74) is 1.86. The number of unbranched alkanes of at least 4 members (excludes halogenated alkanes) is 3. The highest BCUT2D eigenvalue weighted by Crippen LogP contribution is 2.18. The van der Waals surface area contributed by atoms with E-state index in [9.17, 15) is 4.79 Å². The number of carbonyl (C=O) groups is 1. The molecule has 0 aliphatic carbocycles. The summed E-state index contributed by atoms with van der Waals surface area (Å²) < 4.78 is 0.864. The first kappa shape index (κ1) is 16.2. The quantitative estimate of drug-likeness (QED) is 0.713. The molecule has 1 unspecified atom stereocenters. The molecule has 0 fully saturated rings. The van der Waals surface area contributed by atoms with Gasteiger partial charge in [-0.25, -0.2) is 0 Å². The lowest BCUT2D eigenvalue weighted by atomic mass is 10.1.